The molecule has 1 aromatic rings. The van der Waals surface area contributed by atoms with E-state index < -0.39 is 12.1 Å². The average molecular weight is 480 g/mol. The van der Waals surface area contributed by atoms with Gasteiger partial charge in [0, 0.05) is 44.3 Å². The molecule has 3 rings (SSSR count). The molecule has 0 bridgehead atoms. The molecule has 4 nitrogen and oxygen atoms in total. The van der Waals surface area contributed by atoms with Crippen LogP contribution in [0.5, 0.6) is 0 Å². The molecular formula is C18H24ClF3N3OY-. The van der Waals surface area contributed by atoms with Crippen LogP contribution >= 0.6 is 11.6 Å². The Morgan fingerprint density at radius 2 is 1.78 bits per heavy atom. The molecule has 27 heavy (non-hydrogen) atoms. The fraction of sp³-hybridized carbons (Fsp3) is 0.611. The van der Waals surface area contributed by atoms with Crippen LogP contribution in [0.2, 0.25) is 5.02 Å². The summed E-state index contributed by atoms with van der Waals surface area (Å²) in [6.45, 7) is 2.39. The summed E-state index contributed by atoms with van der Waals surface area (Å²) in [5.74, 6) is -0.965. The van der Waals surface area contributed by atoms with Gasteiger partial charge < -0.3 is 15.8 Å². The molecule has 0 unspecified atom stereocenters. The van der Waals surface area contributed by atoms with Crippen LogP contribution in [0.4, 0.5) is 13.2 Å². The number of amides is 1. The smallest absolute Gasteiger partial charge is 0.391 e. The van der Waals surface area contributed by atoms with Crippen molar-refractivity contribution in [2.75, 3.05) is 19.6 Å². The van der Waals surface area contributed by atoms with Crippen molar-refractivity contribution >= 4 is 17.5 Å². The molecule has 1 aliphatic heterocycles. The minimum Gasteiger partial charge on any atom is -0.590 e. The molecule has 1 N–H and O–H groups in total. The van der Waals surface area contributed by atoms with Gasteiger partial charge in [0.05, 0.1) is 12.5 Å². The monoisotopic (exact) mass is 479 g/mol. The number of carbonyl (C=O) groups excluding carboxylic acids is 1. The van der Waals surface area contributed by atoms with E-state index in [1.165, 1.54) is 0 Å². The largest absolute Gasteiger partial charge is 0.590 e. The molecule has 0 atom stereocenters. The van der Waals surface area contributed by atoms with Crippen molar-refractivity contribution in [3.05, 3.63) is 40.3 Å². The number of piperazine rings is 1. The third-order valence-corrected chi connectivity index (χ3v) is 4.70. The summed E-state index contributed by atoms with van der Waals surface area (Å²) >= 11 is 5.79. The van der Waals surface area contributed by atoms with Gasteiger partial charge in [0.1, 0.15) is 0 Å². The van der Waals surface area contributed by atoms with Gasteiger partial charge in [-0.25, -0.2) is 0 Å². The Kier molecular flexibility index (Phi) is 11.4. The van der Waals surface area contributed by atoms with Gasteiger partial charge in [0.2, 0.25) is 5.91 Å². The number of nitrogens with zero attached hydrogens (tertiary/aromatic N) is 2. The molecule has 0 spiro atoms. The van der Waals surface area contributed by atoms with Crippen molar-refractivity contribution in [3.8, 4) is 0 Å². The van der Waals surface area contributed by atoms with E-state index in [1.807, 2.05) is 24.3 Å². The molecule has 9 heteroatoms. The van der Waals surface area contributed by atoms with Crippen molar-refractivity contribution in [1.82, 2.24) is 10.3 Å². The molecule has 1 aliphatic carbocycles. The van der Waals surface area contributed by atoms with E-state index in [1.54, 1.807) is 5.01 Å². The van der Waals surface area contributed by atoms with Gasteiger partial charge in [0.15, 0.2) is 0 Å². The molecule has 1 aromatic carbocycles. The second kappa shape index (κ2) is 12.4. The Morgan fingerprint density at radius 3 is 2.30 bits per heavy atom. The molecule has 1 saturated carbocycles. The summed E-state index contributed by atoms with van der Waals surface area (Å²) in [4.78, 5) is 11.1. The zero-order valence-electron chi connectivity index (χ0n) is 15.1. The van der Waals surface area contributed by atoms with Crippen LogP contribution in [0.25, 0.3) is 5.43 Å². The van der Waals surface area contributed by atoms with Gasteiger partial charge in [-0.1, -0.05) is 48.6 Å². The van der Waals surface area contributed by atoms with E-state index >= 15 is 0 Å². The molecule has 2 aliphatic rings. The number of nitrogens with one attached hydrogen (secondary N) is 1. The van der Waals surface area contributed by atoms with Gasteiger partial charge in [-0.05, 0) is 31.5 Å². The first kappa shape index (κ1) is 24.8. The SMILES string of the molecule is FC(F)(F)C1CCCCC1.O=C1CN([N-]Cc2ccc(Cl)cc2)CCN1.[Y]. The molecule has 1 radical (unpaired) electrons. The molecule has 1 amide bonds. The number of halogens is 4. The summed E-state index contributed by atoms with van der Waals surface area (Å²) in [6.07, 6.45) is -0.742. The van der Waals surface area contributed by atoms with Crippen LogP contribution in [0.15, 0.2) is 24.3 Å². The maximum absolute atomic E-state index is 11.9. The van der Waals surface area contributed by atoms with Gasteiger partial charge >= 0.3 is 6.18 Å². The van der Waals surface area contributed by atoms with E-state index in [9.17, 15) is 18.0 Å². The first-order valence-electron chi connectivity index (χ1n) is 8.85. The van der Waals surface area contributed by atoms with E-state index in [-0.39, 0.29) is 38.6 Å². The van der Waals surface area contributed by atoms with Crippen LogP contribution in [-0.4, -0.2) is 36.7 Å². The first-order valence-corrected chi connectivity index (χ1v) is 9.22. The van der Waals surface area contributed by atoms with Crippen molar-refractivity contribution in [3.63, 3.8) is 0 Å². The quantitative estimate of drug-likeness (QED) is 0.684. The van der Waals surface area contributed by atoms with Gasteiger partial charge in [-0.3, -0.25) is 4.79 Å². The van der Waals surface area contributed by atoms with E-state index in [0.717, 1.165) is 36.4 Å². The number of carbonyl (C=O) groups is 1. The van der Waals surface area contributed by atoms with Crippen LogP contribution in [0.1, 0.15) is 37.7 Å². The summed E-state index contributed by atoms with van der Waals surface area (Å²) in [7, 11) is 0. The fourth-order valence-electron chi connectivity index (χ4n) is 2.95. The van der Waals surface area contributed by atoms with Gasteiger partial charge in [0.25, 0.3) is 0 Å². The van der Waals surface area contributed by atoms with Crippen molar-refractivity contribution in [2.24, 2.45) is 5.92 Å². The van der Waals surface area contributed by atoms with Crippen LogP contribution in [0, 0.1) is 5.92 Å². The second-order valence-corrected chi connectivity index (χ2v) is 6.98. The molecule has 149 valence electrons. The number of benzene rings is 1. The first-order chi connectivity index (χ1) is 12.3. The Balaban J connectivity index is 0.000000288. The van der Waals surface area contributed by atoms with E-state index in [4.69, 9.17) is 11.6 Å². The van der Waals surface area contributed by atoms with E-state index in [2.05, 4.69) is 10.7 Å². The predicted octanol–water partition coefficient (Wildman–Crippen LogP) is 4.69. The topological polar surface area (TPSA) is 46.4 Å². The second-order valence-electron chi connectivity index (χ2n) is 6.54. The summed E-state index contributed by atoms with van der Waals surface area (Å²) in [5, 5.41) is 5.28. The molecule has 1 saturated heterocycles. The predicted molar refractivity (Wildman–Crippen MR) is 95.7 cm³/mol. The van der Waals surface area contributed by atoms with Crippen LogP contribution in [-0.2, 0) is 44.0 Å². The minimum absolute atomic E-state index is 0. The van der Waals surface area contributed by atoms with Crippen molar-refractivity contribution in [1.29, 1.82) is 0 Å². The Bertz CT molecular complexity index is 566. The maximum atomic E-state index is 11.9. The van der Waals surface area contributed by atoms with Crippen molar-refractivity contribution in [2.45, 2.75) is 44.8 Å². The molecule has 0 aromatic heterocycles. The van der Waals surface area contributed by atoms with Gasteiger partial charge in [-0.2, -0.15) is 13.2 Å². The number of hydrogen-bond acceptors (Lipinski definition) is 2. The zero-order valence-corrected chi connectivity index (χ0v) is 18.7. The molecular weight excluding hydrogens is 456 g/mol. The van der Waals surface area contributed by atoms with Crippen LogP contribution < -0.4 is 5.32 Å². The van der Waals surface area contributed by atoms with Crippen molar-refractivity contribution < 1.29 is 50.7 Å². The van der Waals surface area contributed by atoms with Gasteiger partial charge in [-0.15, -0.1) is 6.54 Å². The normalized spacial score (nSPS) is 18.7. The third kappa shape index (κ3) is 9.70. The number of rotatable bonds is 3. The molecule has 2 fully saturated rings. The maximum Gasteiger partial charge on any atom is 0.391 e. The van der Waals surface area contributed by atoms with Crippen LogP contribution in [0.3, 0.4) is 0 Å². The molecule has 1 heterocycles. The Morgan fingerprint density at radius 1 is 1.15 bits per heavy atom. The minimum atomic E-state index is -3.93. The average Bonchev–Trinajstić information content (AvgIpc) is 2.62. The summed E-state index contributed by atoms with van der Waals surface area (Å²) < 4.78 is 35.8. The fourth-order valence-corrected chi connectivity index (χ4v) is 3.07. The Hall–Kier alpha value is -0.206. The third-order valence-electron chi connectivity index (χ3n) is 4.45. The summed E-state index contributed by atoms with van der Waals surface area (Å²) in [5.41, 5.74) is 5.46. The summed E-state index contributed by atoms with van der Waals surface area (Å²) in [6, 6.07) is 7.57. The number of alkyl halides is 3. The standard InChI is InChI=1S/C11H13ClN3O.C7H11F3.Y/c12-10-3-1-9(2-4-10)7-14-15-6-5-13-11(16)8-15;8-7(9,10)6-4-2-1-3-5-6;/h1-4H,5-8H2,(H,13,16);6H,1-5H2;/q-1;;. The zero-order chi connectivity index (χ0) is 19.0. The van der Waals surface area contributed by atoms with E-state index in [0.29, 0.717) is 32.5 Å². The number of hydrogen-bond donors (Lipinski definition) is 1. The Labute approximate surface area is 188 Å².